The molecule has 18 heavy (non-hydrogen) atoms. The summed E-state index contributed by atoms with van der Waals surface area (Å²) in [6, 6.07) is 7.55. The molecule has 3 nitrogen and oxygen atoms in total. The van der Waals surface area contributed by atoms with Crippen molar-refractivity contribution in [2.45, 2.75) is 52.6 Å². The Morgan fingerprint density at radius 3 is 2.17 bits per heavy atom. The van der Waals surface area contributed by atoms with Gasteiger partial charge in [0.05, 0.1) is 6.10 Å². The summed E-state index contributed by atoms with van der Waals surface area (Å²) in [5.74, 6) is 0.814. The Morgan fingerprint density at radius 1 is 1.17 bits per heavy atom. The van der Waals surface area contributed by atoms with Crippen LogP contribution >= 0.6 is 0 Å². The molecule has 100 valence electrons. The van der Waals surface area contributed by atoms with Crippen molar-refractivity contribution in [1.82, 2.24) is 0 Å². The van der Waals surface area contributed by atoms with Crippen LogP contribution in [-0.2, 0) is 4.79 Å². The van der Waals surface area contributed by atoms with Gasteiger partial charge in [-0.05, 0) is 37.1 Å². The highest BCUT2D eigenvalue weighted by atomic mass is 16.5. The lowest BCUT2D eigenvalue weighted by Gasteiger charge is -2.18. The summed E-state index contributed by atoms with van der Waals surface area (Å²) >= 11 is 0. The Hall–Kier alpha value is -1.51. The maximum atomic E-state index is 10.9. The SMILES string of the molecule is CCCC(CCC)Oc1ccc(NC(C)=O)cc1. The summed E-state index contributed by atoms with van der Waals surface area (Å²) in [6.45, 7) is 5.85. The molecule has 1 amide bonds. The molecule has 0 fully saturated rings. The third-order valence-electron chi connectivity index (χ3n) is 2.70. The van der Waals surface area contributed by atoms with E-state index < -0.39 is 0 Å². The highest BCUT2D eigenvalue weighted by Gasteiger charge is 2.08. The maximum Gasteiger partial charge on any atom is 0.221 e. The van der Waals surface area contributed by atoms with E-state index in [-0.39, 0.29) is 5.91 Å². The van der Waals surface area contributed by atoms with Crippen LogP contribution in [-0.4, -0.2) is 12.0 Å². The van der Waals surface area contributed by atoms with Gasteiger partial charge in [0.25, 0.3) is 0 Å². The first-order valence-corrected chi connectivity index (χ1v) is 6.70. The standard InChI is InChI=1S/C15H23NO2/c1-4-6-14(7-5-2)18-15-10-8-13(9-11-15)16-12(3)17/h8-11,14H,4-7H2,1-3H3,(H,16,17). The minimum atomic E-state index is -0.0569. The number of ether oxygens (including phenoxy) is 1. The lowest BCUT2D eigenvalue weighted by atomic mass is 10.1. The van der Waals surface area contributed by atoms with Crippen molar-refractivity contribution in [2.75, 3.05) is 5.32 Å². The molecule has 1 rings (SSSR count). The first kappa shape index (κ1) is 14.6. The van der Waals surface area contributed by atoms with Gasteiger partial charge < -0.3 is 10.1 Å². The van der Waals surface area contributed by atoms with Crippen LogP contribution in [0.3, 0.4) is 0 Å². The van der Waals surface area contributed by atoms with Crippen molar-refractivity contribution in [3.8, 4) is 5.75 Å². The van der Waals surface area contributed by atoms with Crippen LogP contribution in [0, 0.1) is 0 Å². The van der Waals surface area contributed by atoms with Gasteiger partial charge in [-0.25, -0.2) is 0 Å². The molecule has 0 bridgehead atoms. The number of carbonyl (C=O) groups is 1. The molecule has 0 spiro atoms. The van der Waals surface area contributed by atoms with E-state index in [0.717, 1.165) is 37.1 Å². The zero-order chi connectivity index (χ0) is 13.4. The van der Waals surface area contributed by atoms with Crippen molar-refractivity contribution in [3.63, 3.8) is 0 Å². The largest absolute Gasteiger partial charge is 0.490 e. The van der Waals surface area contributed by atoms with Gasteiger partial charge >= 0.3 is 0 Å². The number of anilines is 1. The average Bonchev–Trinajstić information content (AvgIpc) is 2.31. The Morgan fingerprint density at radius 2 is 1.72 bits per heavy atom. The third kappa shape index (κ3) is 5.21. The summed E-state index contributed by atoms with van der Waals surface area (Å²) in [6.07, 6.45) is 4.73. The Bertz CT molecular complexity index is 353. The number of hydrogen-bond acceptors (Lipinski definition) is 2. The summed E-state index contributed by atoms with van der Waals surface area (Å²) in [4.78, 5) is 10.9. The molecular weight excluding hydrogens is 226 g/mol. The van der Waals surface area contributed by atoms with Crippen molar-refractivity contribution >= 4 is 11.6 Å². The summed E-state index contributed by atoms with van der Waals surface area (Å²) in [7, 11) is 0. The fraction of sp³-hybridized carbons (Fsp3) is 0.533. The molecule has 0 aliphatic rings. The molecular formula is C15H23NO2. The molecule has 3 heteroatoms. The van der Waals surface area contributed by atoms with E-state index in [0.29, 0.717) is 6.10 Å². The number of rotatable bonds is 7. The van der Waals surface area contributed by atoms with Gasteiger partial charge in [0.1, 0.15) is 5.75 Å². The molecule has 0 aliphatic carbocycles. The molecule has 0 atom stereocenters. The molecule has 1 aromatic rings. The second kappa shape index (κ2) is 7.75. The number of carbonyl (C=O) groups excluding carboxylic acids is 1. The second-order valence-electron chi connectivity index (χ2n) is 4.52. The van der Waals surface area contributed by atoms with E-state index >= 15 is 0 Å². The van der Waals surface area contributed by atoms with E-state index in [2.05, 4.69) is 19.2 Å². The Balaban J connectivity index is 2.58. The van der Waals surface area contributed by atoms with Gasteiger partial charge in [0, 0.05) is 12.6 Å². The fourth-order valence-corrected chi connectivity index (χ4v) is 1.92. The summed E-state index contributed by atoms with van der Waals surface area (Å²) in [5, 5.41) is 2.74. The maximum absolute atomic E-state index is 10.9. The van der Waals surface area contributed by atoms with Crippen LogP contribution in [0.5, 0.6) is 5.75 Å². The van der Waals surface area contributed by atoms with Gasteiger partial charge in [-0.3, -0.25) is 4.79 Å². The predicted molar refractivity (Wildman–Crippen MR) is 75.0 cm³/mol. The van der Waals surface area contributed by atoms with Gasteiger partial charge in [-0.2, -0.15) is 0 Å². The normalized spacial score (nSPS) is 10.4. The van der Waals surface area contributed by atoms with Gasteiger partial charge in [-0.1, -0.05) is 26.7 Å². The lowest BCUT2D eigenvalue weighted by Crippen LogP contribution is -2.15. The molecule has 0 heterocycles. The van der Waals surface area contributed by atoms with Gasteiger partial charge in [0.15, 0.2) is 0 Å². The summed E-state index contributed by atoms with van der Waals surface area (Å²) < 4.78 is 5.94. The van der Waals surface area contributed by atoms with Gasteiger partial charge in [0.2, 0.25) is 5.91 Å². The number of nitrogens with one attached hydrogen (secondary N) is 1. The molecule has 0 saturated heterocycles. The van der Waals surface area contributed by atoms with Crippen molar-refractivity contribution < 1.29 is 9.53 Å². The highest BCUT2D eigenvalue weighted by molar-refractivity contribution is 5.88. The van der Waals surface area contributed by atoms with Crippen LogP contribution in [0.25, 0.3) is 0 Å². The molecule has 1 N–H and O–H groups in total. The van der Waals surface area contributed by atoms with E-state index in [4.69, 9.17) is 4.74 Å². The molecule has 0 aliphatic heterocycles. The topological polar surface area (TPSA) is 38.3 Å². The van der Waals surface area contributed by atoms with Gasteiger partial charge in [-0.15, -0.1) is 0 Å². The highest BCUT2D eigenvalue weighted by Crippen LogP contribution is 2.19. The van der Waals surface area contributed by atoms with Crippen LogP contribution < -0.4 is 10.1 Å². The monoisotopic (exact) mass is 249 g/mol. The van der Waals surface area contributed by atoms with E-state index in [1.165, 1.54) is 6.92 Å². The zero-order valence-electron chi connectivity index (χ0n) is 11.5. The average molecular weight is 249 g/mol. The molecule has 0 unspecified atom stereocenters. The van der Waals surface area contributed by atoms with Crippen LogP contribution in [0.1, 0.15) is 46.5 Å². The van der Waals surface area contributed by atoms with Crippen LogP contribution in [0.2, 0.25) is 0 Å². The Labute approximate surface area is 110 Å². The minimum absolute atomic E-state index is 0.0569. The third-order valence-corrected chi connectivity index (χ3v) is 2.70. The number of benzene rings is 1. The second-order valence-corrected chi connectivity index (χ2v) is 4.52. The van der Waals surface area contributed by atoms with E-state index in [9.17, 15) is 4.79 Å². The van der Waals surface area contributed by atoms with E-state index in [1.54, 1.807) is 0 Å². The minimum Gasteiger partial charge on any atom is -0.490 e. The lowest BCUT2D eigenvalue weighted by molar-refractivity contribution is -0.114. The zero-order valence-corrected chi connectivity index (χ0v) is 11.5. The predicted octanol–water partition coefficient (Wildman–Crippen LogP) is 3.99. The molecule has 0 radical (unpaired) electrons. The summed E-state index contributed by atoms with van der Waals surface area (Å²) in [5.41, 5.74) is 0.803. The molecule has 0 saturated carbocycles. The quantitative estimate of drug-likeness (QED) is 0.793. The molecule has 0 aromatic heterocycles. The van der Waals surface area contributed by atoms with Crippen LogP contribution in [0.15, 0.2) is 24.3 Å². The van der Waals surface area contributed by atoms with Crippen molar-refractivity contribution in [2.24, 2.45) is 0 Å². The number of hydrogen-bond donors (Lipinski definition) is 1. The Kier molecular flexibility index (Phi) is 6.26. The molecule has 1 aromatic carbocycles. The van der Waals surface area contributed by atoms with Crippen LogP contribution in [0.4, 0.5) is 5.69 Å². The van der Waals surface area contributed by atoms with E-state index in [1.807, 2.05) is 24.3 Å². The van der Waals surface area contributed by atoms with Crippen molar-refractivity contribution in [3.05, 3.63) is 24.3 Å². The first-order chi connectivity index (χ1) is 8.65. The van der Waals surface area contributed by atoms with Crippen molar-refractivity contribution in [1.29, 1.82) is 0 Å². The fourth-order valence-electron chi connectivity index (χ4n) is 1.92. The smallest absolute Gasteiger partial charge is 0.221 e. The first-order valence-electron chi connectivity index (χ1n) is 6.70. The number of amides is 1.